The molecule has 0 aliphatic rings. The van der Waals surface area contributed by atoms with Gasteiger partial charge in [0.2, 0.25) is 0 Å². The van der Waals surface area contributed by atoms with Gasteiger partial charge >= 0.3 is 5.97 Å². The van der Waals surface area contributed by atoms with Gasteiger partial charge in [-0.25, -0.2) is 4.79 Å². The van der Waals surface area contributed by atoms with E-state index in [2.05, 4.69) is 6.07 Å². The van der Waals surface area contributed by atoms with Crippen molar-refractivity contribution in [2.45, 2.75) is 13.8 Å². The van der Waals surface area contributed by atoms with Gasteiger partial charge in [-0.2, -0.15) is 0 Å². The smallest absolute Gasteiger partial charge is 0.346 e. The van der Waals surface area contributed by atoms with Gasteiger partial charge < -0.3 is 5.11 Å². The lowest BCUT2D eigenvalue weighted by atomic mass is 9.99. The second-order valence-electron chi connectivity index (χ2n) is 3.79. The van der Waals surface area contributed by atoms with Gasteiger partial charge in [0.15, 0.2) is 0 Å². The summed E-state index contributed by atoms with van der Waals surface area (Å²) in [6.45, 7) is 4.04. The number of thiophene rings is 1. The van der Waals surface area contributed by atoms with E-state index < -0.39 is 5.97 Å². The predicted octanol–water partition coefficient (Wildman–Crippen LogP) is 3.73. The van der Waals surface area contributed by atoms with Crippen LogP contribution in [0.15, 0.2) is 29.6 Å². The fraction of sp³-hybridized carbons (Fsp3) is 0.154. The van der Waals surface area contributed by atoms with Gasteiger partial charge in [-0.3, -0.25) is 0 Å². The standard InChI is InChI=1S/C13H12O2S/c1-8-3-4-10(9(2)7-8)11-5-6-16-12(11)13(14)15/h3-7H,1-2H3,(H,14,15). The lowest BCUT2D eigenvalue weighted by Crippen LogP contribution is -1.95. The zero-order valence-electron chi connectivity index (χ0n) is 9.15. The molecule has 1 aromatic heterocycles. The van der Waals surface area contributed by atoms with Crippen molar-refractivity contribution in [3.05, 3.63) is 45.6 Å². The van der Waals surface area contributed by atoms with E-state index in [-0.39, 0.29) is 0 Å². The molecule has 0 amide bonds. The zero-order valence-corrected chi connectivity index (χ0v) is 9.97. The fourth-order valence-corrected chi connectivity index (χ4v) is 2.55. The summed E-state index contributed by atoms with van der Waals surface area (Å²) in [6.07, 6.45) is 0. The van der Waals surface area contributed by atoms with Gasteiger partial charge in [0.1, 0.15) is 4.88 Å². The number of rotatable bonds is 2. The maximum absolute atomic E-state index is 11.0. The third-order valence-corrected chi connectivity index (χ3v) is 3.43. The van der Waals surface area contributed by atoms with Gasteiger partial charge in [0.25, 0.3) is 0 Å². The van der Waals surface area contributed by atoms with Gasteiger partial charge in [-0.1, -0.05) is 23.8 Å². The number of aryl methyl sites for hydroxylation is 2. The third-order valence-electron chi connectivity index (χ3n) is 2.53. The average Bonchev–Trinajstić information content (AvgIpc) is 2.66. The summed E-state index contributed by atoms with van der Waals surface area (Å²) in [5, 5.41) is 10.9. The van der Waals surface area contributed by atoms with Crippen LogP contribution < -0.4 is 0 Å². The van der Waals surface area contributed by atoms with Crippen LogP contribution in [0.5, 0.6) is 0 Å². The lowest BCUT2D eigenvalue weighted by Gasteiger charge is -2.06. The molecule has 0 atom stereocenters. The first kappa shape index (κ1) is 10.9. The van der Waals surface area contributed by atoms with Crippen LogP contribution in [0, 0.1) is 13.8 Å². The van der Waals surface area contributed by atoms with Gasteiger partial charge in [-0.05, 0) is 36.4 Å². The summed E-state index contributed by atoms with van der Waals surface area (Å²) in [6, 6.07) is 7.93. The van der Waals surface area contributed by atoms with Gasteiger partial charge in [-0.15, -0.1) is 11.3 Å². The number of carbonyl (C=O) groups is 1. The van der Waals surface area contributed by atoms with Crippen molar-refractivity contribution in [1.82, 2.24) is 0 Å². The maximum atomic E-state index is 11.0. The van der Waals surface area contributed by atoms with Crippen LogP contribution in [0.1, 0.15) is 20.8 Å². The molecule has 2 aromatic rings. The van der Waals surface area contributed by atoms with E-state index in [4.69, 9.17) is 5.11 Å². The molecule has 0 radical (unpaired) electrons. The third kappa shape index (κ3) is 1.86. The summed E-state index contributed by atoms with van der Waals surface area (Å²) in [4.78, 5) is 11.5. The van der Waals surface area contributed by atoms with Crippen molar-refractivity contribution in [2.24, 2.45) is 0 Å². The molecule has 0 spiro atoms. The van der Waals surface area contributed by atoms with Crippen molar-refractivity contribution >= 4 is 17.3 Å². The molecular formula is C13H12O2S. The van der Waals surface area contributed by atoms with E-state index in [9.17, 15) is 4.79 Å². The Hall–Kier alpha value is -1.61. The molecule has 1 N–H and O–H groups in total. The van der Waals surface area contributed by atoms with Gasteiger partial charge in [0.05, 0.1) is 0 Å². The largest absolute Gasteiger partial charge is 0.477 e. The lowest BCUT2D eigenvalue weighted by molar-refractivity contribution is 0.0703. The monoisotopic (exact) mass is 232 g/mol. The van der Waals surface area contributed by atoms with Crippen molar-refractivity contribution in [3.63, 3.8) is 0 Å². The highest BCUT2D eigenvalue weighted by Crippen LogP contribution is 2.31. The topological polar surface area (TPSA) is 37.3 Å². The molecule has 1 aromatic carbocycles. The summed E-state index contributed by atoms with van der Waals surface area (Å²) in [7, 11) is 0. The van der Waals surface area contributed by atoms with E-state index >= 15 is 0 Å². The van der Waals surface area contributed by atoms with E-state index in [1.165, 1.54) is 16.9 Å². The van der Waals surface area contributed by atoms with Crippen LogP contribution >= 0.6 is 11.3 Å². The highest BCUT2D eigenvalue weighted by molar-refractivity contribution is 7.12. The second-order valence-corrected chi connectivity index (χ2v) is 4.70. The molecule has 0 saturated carbocycles. The SMILES string of the molecule is Cc1ccc(-c2ccsc2C(=O)O)c(C)c1. The van der Waals surface area contributed by atoms with Gasteiger partial charge in [0, 0.05) is 5.56 Å². The van der Waals surface area contributed by atoms with Crippen molar-refractivity contribution < 1.29 is 9.90 Å². The normalized spacial score (nSPS) is 10.4. The number of carboxylic acids is 1. The quantitative estimate of drug-likeness (QED) is 0.856. The zero-order chi connectivity index (χ0) is 11.7. The van der Waals surface area contributed by atoms with Crippen LogP contribution in [0.25, 0.3) is 11.1 Å². The van der Waals surface area contributed by atoms with Crippen molar-refractivity contribution in [1.29, 1.82) is 0 Å². The Morgan fingerprint density at radius 3 is 2.56 bits per heavy atom. The van der Waals surface area contributed by atoms with Crippen LogP contribution in [0.4, 0.5) is 0 Å². The van der Waals surface area contributed by atoms with Crippen molar-refractivity contribution in [2.75, 3.05) is 0 Å². The highest BCUT2D eigenvalue weighted by atomic mass is 32.1. The minimum Gasteiger partial charge on any atom is -0.477 e. The summed E-state index contributed by atoms with van der Waals surface area (Å²) >= 11 is 1.27. The van der Waals surface area contributed by atoms with E-state index in [0.29, 0.717) is 4.88 Å². The Bertz CT molecular complexity index is 541. The fourth-order valence-electron chi connectivity index (χ4n) is 1.80. The minimum absolute atomic E-state index is 0.409. The first-order chi connectivity index (χ1) is 7.59. The first-order valence-corrected chi connectivity index (χ1v) is 5.86. The van der Waals surface area contributed by atoms with Crippen LogP contribution in [0.3, 0.4) is 0 Å². The summed E-state index contributed by atoms with van der Waals surface area (Å²) in [5.41, 5.74) is 4.12. The molecule has 0 aliphatic heterocycles. The molecule has 3 heteroatoms. The Morgan fingerprint density at radius 2 is 1.94 bits per heavy atom. The Morgan fingerprint density at radius 1 is 1.19 bits per heavy atom. The maximum Gasteiger partial charge on any atom is 0.346 e. The average molecular weight is 232 g/mol. The molecular weight excluding hydrogens is 220 g/mol. The Kier molecular flexibility index (Phi) is 2.79. The van der Waals surface area contributed by atoms with Crippen LogP contribution in [-0.2, 0) is 0 Å². The second kappa shape index (κ2) is 4.10. The first-order valence-electron chi connectivity index (χ1n) is 4.98. The molecule has 0 saturated heterocycles. The number of hydrogen-bond donors (Lipinski definition) is 1. The molecule has 2 nitrogen and oxygen atoms in total. The highest BCUT2D eigenvalue weighted by Gasteiger charge is 2.14. The molecule has 1 heterocycles. The number of benzene rings is 1. The van der Waals surface area contributed by atoms with Crippen molar-refractivity contribution in [3.8, 4) is 11.1 Å². The number of carboxylic acid groups (broad SMARTS) is 1. The Balaban J connectivity index is 2.59. The molecule has 0 aliphatic carbocycles. The minimum atomic E-state index is -0.857. The van der Waals surface area contributed by atoms with E-state index in [1.807, 2.05) is 37.4 Å². The van der Waals surface area contributed by atoms with E-state index in [1.54, 1.807) is 0 Å². The molecule has 0 unspecified atom stereocenters. The summed E-state index contributed by atoms with van der Waals surface area (Å²) in [5.74, 6) is -0.857. The summed E-state index contributed by atoms with van der Waals surface area (Å²) < 4.78 is 0. The molecule has 0 fully saturated rings. The van der Waals surface area contributed by atoms with Crippen LogP contribution in [-0.4, -0.2) is 11.1 Å². The molecule has 2 rings (SSSR count). The molecule has 0 bridgehead atoms. The molecule has 16 heavy (non-hydrogen) atoms. The number of hydrogen-bond acceptors (Lipinski definition) is 2. The predicted molar refractivity (Wildman–Crippen MR) is 66.2 cm³/mol. The molecule has 82 valence electrons. The number of aromatic carboxylic acids is 1. The Labute approximate surface area is 98.2 Å². The van der Waals surface area contributed by atoms with Crippen LogP contribution in [0.2, 0.25) is 0 Å². The van der Waals surface area contributed by atoms with E-state index in [0.717, 1.165) is 16.7 Å².